The molecule has 8 nitrogen and oxygen atoms in total. The molecule has 2 aromatic rings. The van der Waals surface area contributed by atoms with E-state index in [0.717, 1.165) is 23.0 Å². The highest BCUT2D eigenvalue weighted by Crippen LogP contribution is 2.30. The minimum atomic E-state index is -3.58. The predicted octanol–water partition coefficient (Wildman–Crippen LogP) is 4.19. The van der Waals surface area contributed by atoms with Gasteiger partial charge in [0.25, 0.3) is 5.91 Å². The second-order valence-corrected chi connectivity index (χ2v) is 10.7. The summed E-state index contributed by atoms with van der Waals surface area (Å²) in [7, 11) is -3.58. The zero-order chi connectivity index (χ0) is 23.0. The number of carbonyl (C=O) groups is 1. The lowest BCUT2D eigenvalue weighted by atomic mass is 10.1. The summed E-state index contributed by atoms with van der Waals surface area (Å²) in [6, 6.07) is 12.0. The number of rotatable bonds is 4. The normalized spacial score (nSPS) is 17.3. The lowest BCUT2D eigenvalue weighted by Gasteiger charge is -2.20. The molecule has 2 aliphatic heterocycles. The van der Waals surface area contributed by atoms with Gasteiger partial charge in [0.2, 0.25) is 19.4 Å². The third kappa shape index (κ3) is 4.58. The number of hydrazone groups is 1. The standard InChI is InChI=1S/C20H14Cl2N4O4S2/c1-32(28,29)20-25-26-17(23)13(18(27)24-19(26)31-20)9-11-5-7-12(8-6-11)30-10-14-15(21)3-2-4-16(14)22/h2-9,23H,10H2,1H3/b13-9-,23-17?. The van der Waals surface area contributed by atoms with E-state index in [4.69, 9.17) is 33.3 Å². The molecule has 4 rings (SSSR count). The number of sulfone groups is 1. The molecule has 0 saturated heterocycles. The van der Waals surface area contributed by atoms with E-state index in [1.165, 1.54) is 6.08 Å². The lowest BCUT2D eigenvalue weighted by Crippen LogP contribution is -2.35. The number of aliphatic imine (C=N–C) groups is 1. The van der Waals surface area contributed by atoms with E-state index in [9.17, 15) is 13.2 Å². The summed E-state index contributed by atoms with van der Waals surface area (Å²) in [5.41, 5.74) is 1.29. The zero-order valence-corrected chi connectivity index (χ0v) is 19.5. The summed E-state index contributed by atoms with van der Waals surface area (Å²) in [5, 5.41) is 14.3. The van der Waals surface area contributed by atoms with Gasteiger partial charge in [0.1, 0.15) is 12.4 Å². The number of fused-ring (bicyclic) bond motifs is 1. The third-order valence-electron chi connectivity index (χ3n) is 4.39. The molecule has 0 aromatic heterocycles. The van der Waals surface area contributed by atoms with Gasteiger partial charge in [-0.2, -0.15) is 10.0 Å². The van der Waals surface area contributed by atoms with E-state index in [1.54, 1.807) is 42.5 Å². The Kier molecular flexibility index (Phi) is 6.13. The third-order valence-corrected chi connectivity index (χ3v) is 7.67. The molecule has 12 heteroatoms. The number of amidine groups is 2. The Labute approximate surface area is 198 Å². The maximum Gasteiger partial charge on any atom is 0.283 e. The van der Waals surface area contributed by atoms with Gasteiger partial charge in [0.05, 0.1) is 5.57 Å². The Morgan fingerprint density at radius 2 is 1.81 bits per heavy atom. The Hall–Kier alpha value is -2.66. The molecule has 0 aliphatic carbocycles. The van der Waals surface area contributed by atoms with Crippen LogP contribution in [0.3, 0.4) is 0 Å². The minimum Gasteiger partial charge on any atom is -0.489 e. The lowest BCUT2D eigenvalue weighted by molar-refractivity contribution is -0.114. The van der Waals surface area contributed by atoms with Gasteiger partial charge in [-0.1, -0.05) is 41.4 Å². The van der Waals surface area contributed by atoms with E-state index < -0.39 is 15.7 Å². The second-order valence-electron chi connectivity index (χ2n) is 6.72. The topological polar surface area (TPSA) is 112 Å². The molecule has 0 atom stereocenters. The van der Waals surface area contributed by atoms with Crippen LogP contribution in [0.1, 0.15) is 11.1 Å². The van der Waals surface area contributed by atoms with Crippen molar-refractivity contribution in [2.24, 2.45) is 10.1 Å². The van der Waals surface area contributed by atoms with Crippen molar-refractivity contribution in [3.63, 3.8) is 0 Å². The van der Waals surface area contributed by atoms with Crippen LogP contribution in [0.15, 0.2) is 58.1 Å². The second kappa shape index (κ2) is 8.70. The first-order chi connectivity index (χ1) is 15.1. The molecule has 0 fully saturated rings. The van der Waals surface area contributed by atoms with Gasteiger partial charge in [-0.25, -0.2) is 8.42 Å². The fraction of sp³-hybridized carbons (Fsp3) is 0.100. The Bertz CT molecular complexity index is 1320. The van der Waals surface area contributed by atoms with Crippen LogP contribution in [-0.2, 0) is 21.2 Å². The Balaban J connectivity index is 1.51. The molecule has 0 bridgehead atoms. The monoisotopic (exact) mass is 508 g/mol. The van der Waals surface area contributed by atoms with E-state index in [0.29, 0.717) is 26.9 Å². The van der Waals surface area contributed by atoms with Crippen LogP contribution in [-0.4, -0.2) is 41.0 Å². The molecule has 164 valence electrons. The van der Waals surface area contributed by atoms with Crippen LogP contribution >= 0.6 is 35.0 Å². The molecule has 1 N–H and O–H groups in total. The summed E-state index contributed by atoms with van der Waals surface area (Å²) in [6.45, 7) is 0.187. The van der Waals surface area contributed by atoms with Crippen molar-refractivity contribution in [1.82, 2.24) is 5.01 Å². The number of amides is 1. The van der Waals surface area contributed by atoms with E-state index >= 15 is 0 Å². The molecule has 0 saturated carbocycles. The molecule has 32 heavy (non-hydrogen) atoms. The van der Waals surface area contributed by atoms with Crippen LogP contribution in [0.25, 0.3) is 6.08 Å². The first-order valence-corrected chi connectivity index (χ1v) is 12.5. The maximum atomic E-state index is 12.4. The summed E-state index contributed by atoms with van der Waals surface area (Å²) in [5.74, 6) is -0.334. The smallest absolute Gasteiger partial charge is 0.283 e. The van der Waals surface area contributed by atoms with Gasteiger partial charge in [-0.05, 0) is 47.7 Å². The Morgan fingerprint density at radius 1 is 1.16 bits per heavy atom. The number of benzene rings is 2. The number of halogens is 2. The molecule has 0 unspecified atom stereocenters. The van der Waals surface area contributed by atoms with Crippen molar-refractivity contribution in [3.8, 4) is 5.75 Å². The number of thioether (sulfide) groups is 1. The molecule has 1 amide bonds. The molecule has 2 aromatic carbocycles. The van der Waals surface area contributed by atoms with E-state index in [1.807, 2.05) is 0 Å². The van der Waals surface area contributed by atoms with E-state index in [-0.39, 0.29) is 27.6 Å². The van der Waals surface area contributed by atoms with Crippen molar-refractivity contribution in [3.05, 3.63) is 69.2 Å². The number of ether oxygens (including phenoxy) is 1. The average Bonchev–Trinajstić information content (AvgIpc) is 3.16. The van der Waals surface area contributed by atoms with Crippen molar-refractivity contribution in [2.45, 2.75) is 6.61 Å². The van der Waals surface area contributed by atoms with Crippen LogP contribution in [0.4, 0.5) is 0 Å². The molecule has 2 aliphatic rings. The quantitative estimate of drug-likeness (QED) is 0.619. The molecular formula is C20H14Cl2N4O4S2. The summed E-state index contributed by atoms with van der Waals surface area (Å²) < 4.78 is 29.0. The fourth-order valence-corrected chi connectivity index (χ4v) is 4.97. The predicted molar refractivity (Wildman–Crippen MR) is 127 cm³/mol. The van der Waals surface area contributed by atoms with Gasteiger partial charge in [-0.15, -0.1) is 5.10 Å². The van der Waals surface area contributed by atoms with Crippen molar-refractivity contribution >= 4 is 72.2 Å². The van der Waals surface area contributed by atoms with E-state index in [2.05, 4.69) is 10.1 Å². The number of carbonyl (C=O) groups excluding carboxylic acids is 1. The van der Waals surface area contributed by atoms with Gasteiger partial charge < -0.3 is 4.74 Å². The molecular weight excluding hydrogens is 495 g/mol. The summed E-state index contributed by atoms with van der Waals surface area (Å²) in [4.78, 5) is 16.3. The number of hydrogen-bond donors (Lipinski definition) is 1. The number of hydrogen-bond acceptors (Lipinski definition) is 7. The zero-order valence-electron chi connectivity index (χ0n) is 16.4. The van der Waals surface area contributed by atoms with Crippen LogP contribution in [0.5, 0.6) is 5.75 Å². The number of nitrogens with one attached hydrogen (secondary N) is 1. The average molecular weight is 509 g/mol. The fourth-order valence-electron chi connectivity index (χ4n) is 2.78. The van der Waals surface area contributed by atoms with Crippen LogP contribution < -0.4 is 4.74 Å². The number of nitrogens with zero attached hydrogens (tertiary/aromatic N) is 3. The maximum absolute atomic E-state index is 12.4. The molecule has 0 radical (unpaired) electrons. The minimum absolute atomic E-state index is 0.00984. The highest BCUT2D eigenvalue weighted by Gasteiger charge is 2.38. The van der Waals surface area contributed by atoms with Crippen molar-refractivity contribution in [1.29, 1.82) is 5.41 Å². The molecule has 2 heterocycles. The highest BCUT2D eigenvalue weighted by molar-refractivity contribution is 8.42. The summed E-state index contributed by atoms with van der Waals surface area (Å²) >= 11 is 13.0. The largest absolute Gasteiger partial charge is 0.489 e. The van der Waals surface area contributed by atoms with Crippen LogP contribution in [0.2, 0.25) is 10.0 Å². The van der Waals surface area contributed by atoms with Gasteiger partial charge in [0, 0.05) is 21.9 Å². The van der Waals surface area contributed by atoms with Gasteiger partial charge in [0.15, 0.2) is 5.84 Å². The molecule has 0 spiro atoms. The highest BCUT2D eigenvalue weighted by atomic mass is 35.5. The van der Waals surface area contributed by atoms with Gasteiger partial charge >= 0.3 is 0 Å². The first kappa shape index (κ1) is 22.5. The summed E-state index contributed by atoms with van der Waals surface area (Å²) in [6.07, 6.45) is 2.49. The van der Waals surface area contributed by atoms with Crippen molar-refractivity contribution in [2.75, 3.05) is 6.26 Å². The SMILES string of the molecule is CS(=O)(=O)C1=NN2C(=N)/C(=C/c3ccc(OCc4c(Cl)cccc4Cl)cc3)C(=O)N=C2S1. The first-order valence-electron chi connectivity index (χ1n) is 8.99. The van der Waals surface area contributed by atoms with Crippen molar-refractivity contribution < 1.29 is 17.9 Å². The van der Waals surface area contributed by atoms with Crippen LogP contribution in [0, 0.1) is 5.41 Å². The Morgan fingerprint density at radius 3 is 2.44 bits per heavy atom. The van der Waals surface area contributed by atoms with Gasteiger partial charge in [-0.3, -0.25) is 10.2 Å².